The highest BCUT2D eigenvalue weighted by Crippen LogP contribution is 2.32. The zero-order chi connectivity index (χ0) is 31.0. The summed E-state index contributed by atoms with van der Waals surface area (Å²) in [6.07, 6.45) is 4.32. The van der Waals surface area contributed by atoms with E-state index in [4.69, 9.17) is 25.4 Å². The summed E-state index contributed by atoms with van der Waals surface area (Å²) in [5, 5.41) is 34.8. The van der Waals surface area contributed by atoms with Crippen LogP contribution in [0.25, 0.3) is 11.3 Å². The third kappa shape index (κ3) is 9.07. The first-order chi connectivity index (χ1) is 19.8. The standard InChI is InChI=1S/C24H33N3OS.C6H8O7/c1-17-9-10-18(2)21(14-17)24-22(29-19(3)25-24)15-23(28)27-13-5-4-8-20(27)16-26-11-6-7-12-26;7-3(8)1-6(13,5(11)12)2-4(9)10/h9-10,14,20H,4-8,11-13,15-16H2,1-3H3;13H,1-2H2,(H,7,8)(H,9,10)(H,11,12). The summed E-state index contributed by atoms with van der Waals surface area (Å²) in [6, 6.07) is 6.88. The van der Waals surface area contributed by atoms with Gasteiger partial charge >= 0.3 is 17.9 Å². The molecular formula is C30H41N3O8S. The molecule has 12 heteroatoms. The molecule has 1 amide bonds. The molecule has 1 atom stereocenters. The zero-order valence-electron chi connectivity index (χ0n) is 24.5. The molecular weight excluding hydrogens is 562 g/mol. The number of carbonyl (C=O) groups excluding carboxylic acids is 1. The topological polar surface area (TPSA) is 169 Å². The Bertz CT molecular complexity index is 1270. The lowest BCUT2D eigenvalue weighted by atomic mass is 9.96. The minimum Gasteiger partial charge on any atom is -0.481 e. The predicted molar refractivity (Wildman–Crippen MR) is 158 cm³/mol. The predicted octanol–water partition coefficient (Wildman–Crippen LogP) is 3.51. The van der Waals surface area contributed by atoms with Crippen LogP contribution in [0.5, 0.6) is 0 Å². The Morgan fingerprint density at radius 2 is 1.57 bits per heavy atom. The minimum absolute atomic E-state index is 0.282. The first-order valence-electron chi connectivity index (χ1n) is 14.2. The minimum atomic E-state index is -2.74. The molecule has 0 radical (unpaired) electrons. The van der Waals surface area contributed by atoms with Crippen LogP contribution in [0.4, 0.5) is 0 Å². The summed E-state index contributed by atoms with van der Waals surface area (Å²) in [5.74, 6) is -4.74. The fourth-order valence-corrected chi connectivity index (χ4v) is 6.47. The molecule has 42 heavy (non-hydrogen) atoms. The molecule has 1 aromatic heterocycles. The normalized spacial score (nSPS) is 17.4. The molecule has 0 aliphatic carbocycles. The number of carboxylic acids is 3. The van der Waals surface area contributed by atoms with Crippen molar-refractivity contribution < 1.29 is 39.6 Å². The first-order valence-corrected chi connectivity index (χ1v) is 15.1. The van der Waals surface area contributed by atoms with Crippen molar-refractivity contribution in [2.75, 3.05) is 26.2 Å². The van der Waals surface area contributed by atoms with Crippen LogP contribution in [0.15, 0.2) is 18.2 Å². The second-order valence-electron chi connectivity index (χ2n) is 11.2. The molecule has 3 heterocycles. The monoisotopic (exact) mass is 603 g/mol. The molecule has 2 fully saturated rings. The summed E-state index contributed by atoms with van der Waals surface area (Å²) in [7, 11) is 0. The fourth-order valence-electron chi connectivity index (χ4n) is 5.53. The number of nitrogens with zero attached hydrogens (tertiary/aromatic N) is 3. The highest BCUT2D eigenvalue weighted by Gasteiger charge is 2.40. The van der Waals surface area contributed by atoms with Crippen LogP contribution < -0.4 is 0 Å². The fraction of sp³-hybridized carbons (Fsp3) is 0.567. The van der Waals surface area contributed by atoms with Crippen LogP contribution in [0.3, 0.4) is 0 Å². The van der Waals surface area contributed by atoms with Gasteiger partial charge in [0.1, 0.15) is 0 Å². The highest BCUT2D eigenvalue weighted by molar-refractivity contribution is 7.12. The van der Waals surface area contributed by atoms with E-state index in [1.54, 1.807) is 11.3 Å². The molecule has 0 bridgehead atoms. The van der Waals surface area contributed by atoms with Crippen molar-refractivity contribution in [3.8, 4) is 11.3 Å². The lowest BCUT2D eigenvalue weighted by Crippen LogP contribution is -2.49. The van der Waals surface area contributed by atoms with Gasteiger partial charge in [0.25, 0.3) is 0 Å². The number of piperidine rings is 1. The van der Waals surface area contributed by atoms with E-state index in [0.29, 0.717) is 12.5 Å². The van der Waals surface area contributed by atoms with Crippen LogP contribution in [0.2, 0.25) is 0 Å². The van der Waals surface area contributed by atoms with E-state index < -0.39 is 36.4 Å². The van der Waals surface area contributed by atoms with E-state index in [-0.39, 0.29) is 5.91 Å². The Morgan fingerprint density at radius 1 is 0.952 bits per heavy atom. The van der Waals surface area contributed by atoms with Gasteiger partial charge in [0, 0.05) is 29.6 Å². The smallest absolute Gasteiger partial charge is 0.336 e. The van der Waals surface area contributed by atoms with Crippen molar-refractivity contribution in [2.24, 2.45) is 0 Å². The molecule has 2 aromatic rings. The lowest BCUT2D eigenvalue weighted by molar-refractivity contribution is -0.170. The molecule has 2 aliphatic heterocycles. The van der Waals surface area contributed by atoms with Crippen molar-refractivity contribution in [2.45, 2.75) is 83.8 Å². The number of thiazole rings is 1. The third-order valence-electron chi connectivity index (χ3n) is 7.66. The van der Waals surface area contributed by atoms with Crippen molar-refractivity contribution in [1.82, 2.24) is 14.8 Å². The quantitative estimate of drug-likeness (QED) is 0.315. The number of aryl methyl sites for hydroxylation is 3. The number of carbonyl (C=O) groups is 4. The van der Waals surface area contributed by atoms with Crippen LogP contribution in [0.1, 0.15) is 66.0 Å². The zero-order valence-corrected chi connectivity index (χ0v) is 25.3. The summed E-state index contributed by atoms with van der Waals surface area (Å²) >= 11 is 1.68. The maximum absolute atomic E-state index is 13.4. The molecule has 1 unspecified atom stereocenters. The van der Waals surface area contributed by atoms with Crippen molar-refractivity contribution in [3.63, 3.8) is 0 Å². The maximum Gasteiger partial charge on any atom is 0.336 e. The molecule has 4 N–H and O–H groups in total. The van der Waals surface area contributed by atoms with E-state index in [9.17, 15) is 19.2 Å². The van der Waals surface area contributed by atoms with Gasteiger partial charge in [0.15, 0.2) is 5.60 Å². The third-order valence-corrected chi connectivity index (χ3v) is 8.64. The molecule has 1 aromatic carbocycles. The van der Waals surface area contributed by atoms with E-state index in [1.807, 2.05) is 6.92 Å². The average Bonchev–Trinajstić information content (AvgIpc) is 3.54. The summed E-state index contributed by atoms with van der Waals surface area (Å²) in [5.41, 5.74) is 1.90. The van der Waals surface area contributed by atoms with Crippen LogP contribution in [-0.4, -0.2) is 96.8 Å². The number of hydrogen-bond donors (Lipinski definition) is 4. The molecule has 0 spiro atoms. The number of carboxylic acid groups (broad SMARTS) is 3. The number of amides is 1. The van der Waals surface area contributed by atoms with Gasteiger partial charge in [-0.3, -0.25) is 14.4 Å². The lowest BCUT2D eigenvalue weighted by Gasteiger charge is -2.38. The van der Waals surface area contributed by atoms with E-state index >= 15 is 0 Å². The Balaban J connectivity index is 0.000000316. The summed E-state index contributed by atoms with van der Waals surface area (Å²) < 4.78 is 0. The Kier molecular flexibility index (Phi) is 11.6. The molecule has 230 valence electrons. The second kappa shape index (κ2) is 14.7. The number of rotatable bonds is 10. The van der Waals surface area contributed by atoms with E-state index in [2.05, 4.69) is 41.8 Å². The van der Waals surface area contributed by atoms with Crippen LogP contribution in [0, 0.1) is 20.8 Å². The SMILES string of the molecule is Cc1ccc(C)c(-c2nc(C)sc2CC(=O)N2CCCCC2CN2CCCC2)c1.O=C(O)CC(O)(CC(=O)O)C(=O)O. The Hall–Kier alpha value is -3.35. The molecule has 2 aliphatic rings. The number of aliphatic hydroxyl groups is 1. The summed E-state index contributed by atoms with van der Waals surface area (Å²) in [6.45, 7) is 10.7. The molecule has 4 rings (SSSR count). The molecule has 0 saturated carbocycles. The van der Waals surface area contributed by atoms with Gasteiger partial charge in [0.2, 0.25) is 5.91 Å². The van der Waals surface area contributed by atoms with Crippen molar-refractivity contribution in [1.29, 1.82) is 0 Å². The van der Waals surface area contributed by atoms with E-state index in [0.717, 1.165) is 41.5 Å². The molecule has 11 nitrogen and oxygen atoms in total. The van der Waals surface area contributed by atoms with Crippen LogP contribution in [-0.2, 0) is 25.6 Å². The van der Waals surface area contributed by atoms with Gasteiger partial charge < -0.3 is 30.2 Å². The van der Waals surface area contributed by atoms with Gasteiger partial charge in [-0.1, -0.05) is 17.7 Å². The van der Waals surface area contributed by atoms with Crippen molar-refractivity contribution in [3.05, 3.63) is 39.2 Å². The maximum atomic E-state index is 13.4. The Morgan fingerprint density at radius 3 is 2.17 bits per heavy atom. The largest absolute Gasteiger partial charge is 0.481 e. The van der Waals surface area contributed by atoms with Crippen molar-refractivity contribution >= 4 is 35.2 Å². The van der Waals surface area contributed by atoms with Gasteiger partial charge in [0.05, 0.1) is 30.0 Å². The number of likely N-dealkylation sites (tertiary alicyclic amines) is 2. The van der Waals surface area contributed by atoms with Gasteiger partial charge in [-0.05, 0) is 77.6 Å². The number of benzene rings is 1. The first kappa shape index (κ1) is 33.2. The van der Waals surface area contributed by atoms with Crippen LogP contribution >= 0.6 is 11.3 Å². The van der Waals surface area contributed by atoms with Gasteiger partial charge in [-0.2, -0.15) is 0 Å². The van der Waals surface area contributed by atoms with E-state index in [1.165, 1.54) is 49.0 Å². The number of aromatic nitrogens is 1. The van der Waals surface area contributed by atoms with Gasteiger partial charge in [-0.25, -0.2) is 9.78 Å². The van der Waals surface area contributed by atoms with Gasteiger partial charge in [-0.15, -0.1) is 11.3 Å². The number of aliphatic carboxylic acids is 3. The highest BCUT2D eigenvalue weighted by atomic mass is 32.1. The Labute approximate surface area is 249 Å². The summed E-state index contributed by atoms with van der Waals surface area (Å²) in [4.78, 5) is 54.5. The second-order valence-corrected chi connectivity index (χ2v) is 12.5. The average molecular weight is 604 g/mol. The molecule has 2 saturated heterocycles. The number of hydrogen-bond acceptors (Lipinski definition) is 8.